The minimum atomic E-state index is 0.250. The second-order valence-corrected chi connectivity index (χ2v) is 3.08. The van der Waals surface area contributed by atoms with Gasteiger partial charge in [0.1, 0.15) is 5.75 Å². The molecule has 0 aliphatic rings. The molecule has 0 aliphatic carbocycles. The first kappa shape index (κ1) is 18.8. The van der Waals surface area contributed by atoms with E-state index in [1.54, 1.807) is 0 Å². The van der Waals surface area contributed by atoms with E-state index in [0.29, 0.717) is 0 Å². The third-order valence-electron chi connectivity index (χ3n) is 1.81. The summed E-state index contributed by atoms with van der Waals surface area (Å²) in [5, 5.41) is 8.54. The summed E-state index contributed by atoms with van der Waals surface area (Å²) in [5.74, 6) is 0.923. The Morgan fingerprint density at radius 2 is 1.72 bits per heavy atom. The molecular formula is C14H25NO3. The summed E-state index contributed by atoms with van der Waals surface area (Å²) >= 11 is 0. The summed E-state index contributed by atoms with van der Waals surface area (Å²) in [5.41, 5.74) is 4.17. The zero-order valence-corrected chi connectivity index (χ0v) is 11.3. The van der Waals surface area contributed by atoms with Gasteiger partial charge in [0.05, 0.1) is 6.61 Å². The molecular weight excluding hydrogens is 230 g/mol. The third kappa shape index (κ3) is 14.5. The van der Waals surface area contributed by atoms with Gasteiger partial charge in [-0.3, -0.25) is 4.79 Å². The van der Waals surface area contributed by atoms with Crippen LogP contribution < -0.4 is 10.5 Å². The Morgan fingerprint density at radius 1 is 1.17 bits per heavy atom. The van der Waals surface area contributed by atoms with Gasteiger partial charge in [0.15, 0.2) is 0 Å². The number of hydrogen-bond donors (Lipinski definition) is 2. The molecule has 1 aromatic rings. The number of ether oxygens (including phenoxy) is 1. The van der Waals surface area contributed by atoms with Crippen molar-refractivity contribution in [1.82, 2.24) is 0 Å². The lowest BCUT2D eigenvalue weighted by Gasteiger charge is -2.04. The number of amides is 1. The molecule has 0 radical (unpaired) electrons. The molecule has 0 unspecified atom stereocenters. The van der Waals surface area contributed by atoms with E-state index in [-0.39, 0.29) is 13.0 Å². The van der Waals surface area contributed by atoms with Crippen molar-refractivity contribution < 1.29 is 14.6 Å². The zero-order chi connectivity index (χ0) is 14.1. The van der Waals surface area contributed by atoms with Gasteiger partial charge in [-0.2, -0.15) is 0 Å². The molecule has 0 aromatic heterocycles. The van der Waals surface area contributed by atoms with Gasteiger partial charge in [0, 0.05) is 6.61 Å². The normalized spacial score (nSPS) is 8.17. The molecule has 1 amide bonds. The van der Waals surface area contributed by atoms with Crippen molar-refractivity contribution in [3.8, 4) is 5.75 Å². The number of nitrogens with two attached hydrogens (primary N) is 1. The Morgan fingerprint density at radius 3 is 2.22 bits per heavy atom. The molecule has 0 aliphatic heterocycles. The molecule has 0 bridgehead atoms. The maximum Gasteiger partial charge on any atom is 0.204 e. The number of aliphatic hydroxyl groups is 1. The summed E-state index contributed by atoms with van der Waals surface area (Å²) in [4.78, 5) is 8.58. The van der Waals surface area contributed by atoms with Crippen molar-refractivity contribution >= 4 is 6.41 Å². The molecule has 18 heavy (non-hydrogen) atoms. The molecule has 4 heteroatoms. The molecule has 0 fully saturated rings. The fourth-order valence-corrected chi connectivity index (χ4v) is 1.10. The van der Waals surface area contributed by atoms with Crippen LogP contribution in [0.2, 0.25) is 0 Å². The second-order valence-electron chi connectivity index (χ2n) is 3.08. The van der Waals surface area contributed by atoms with Gasteiger partial charge in [0.25, 0.3) is 0 Å². The van der Waals surface area contributed by atoms with Crippen LogP contribution in [0, 0.1) is 0 Å². The monoisotopic (exact) mass is 255 g/mol. The Balaban J connectivity index is 0. The molecule has 0 spiro atoms. The first-order valence-electron chi connectivity index (χ1n) is 6.29. The summed E-state index contributed by atoms with van der Waals surface area (Å²) < 4.78 is 5.47. The van der Waals surface area contributed by atoms with Gasteiger partial charge < -0.3 is 15.6 Å². The molecule has 0 saturated heterocycles. The van der Waals surface area contributed by atoms with E-state index in [1.807, 2.05) is 44.2 Å². The van der Waals surface area contributed by atoms with Crippen molar-refractivity contribution in [2.24, 2.45) is 5.73 Å². The minimum absolute atomic E-state index is 0.250. The van der Waals surface area contributed by atoms with Crippen molar-refractivity contribution in [1.29, 1.82) is 0 Å². The number of primary amides is 1. The lowest BCUT2D eigenvalue weighted by atomic mass is 10.2. The number of hydrogen-bond acceptors (Lipinski definition) is 3. The predicted molar refractivity (Wildman–Crippen MR) is 74.5 cm³/mol. The van der Waals surface area contributed by atoms with Gasteiger partial charge in [0.2, 0.25) is 6.41 Å². The SMILES string of the molecule is CC.NC=O.OCCCCCOc1ccccc1. The number of carbonyl (C=O) groups is 1. The van der Waals surface area contributed by atoms with Gasteiger partial charge in [-0.1, -0.05) is 32.0 Å². The summed E-state index contributed by atoms with van der Waals surface area (Å²) in [6.07, 6.45) is 3.16. The number of carbonyl (C=O) groups excluding carboxylic acids is 1. The highest BCUT2D eigenvalue weighted by Crippen LogP contribution is 2.08. The molecule has 0 heterocycles. The Kier molecular flexibility index (Phi) is 18.6. The molecule has 0 saturated carbocycles. The standard InChI is InChI=1S/C11H16O2.C2H6.CH3NO/c12-9-5-2-6-10-13-11-7-3-1-4-8-11;1-2;2-1-3/h1,3-4,7-8,12H,2,5-6,9-10H2;1-2H3;1H,(H2,2,3). The number of benzene rings is 1. The van der Waals surface area contributed by atoms with Crippen LogP contribution in [-0.2, 0) is 4.79 Å². The van der Waals surface area contributed by atoms with Crippen LogP contribution in [0.15, 0.2) is 30.3 Å². The number of aliphatic hydroxyl groups excluding tert-OH is 1. The average molecular weight is 255 g/mol. The van der Waals surface area contributed by atoms with Crippen molar-refractivity contribution in [3.05, 3.63) is 30.3 Å². The van der Waals surface area contributed by atoms with E-state index >= 15 is 0 Å². The number of rotatable bonds is 6. The summed E-state index contributed by atoms with van der Waals surface area (Å²) in [6, 6.07) is 9.79. The second kappa shape index (κ2) is 17.8. The smallest absolute Gasteiger partial charge is 0.204 e. The van der Waals surface area contributed by atoms with Gasteiger partial charge in [-0.25, -0.2) is 0 Å². The number of para-hydroxylation sites is 1. The molecule has 0 atom stereocenters. The fourth-order valence-electron chi connectivity index (χ4n) is 1.10. The van der Waals surface area contributed by atoms with E-state index in [4.69, 9.17) is 14.6 Å². The highest BCUT2D eigenvalue weighted by atomic mass is 16.5. The van der Waals surface area contributed by atoms with Crippen molar-refractivity contribution in [3.63, 3.8) is 0 Å². The van der Waals surface area contributed by atoms with Crippen LogP contribution in [-0.4, -0.2) is 24.7 Å². The minimum Gasteiger partial charge on any atom is -0.494 e. The lowest BCUT2D eigenvalue weighted by Crippen LogP contribution is -1.97. The van der Waals surface area contributed by atoms with E-state index in [9.17, 15) is 0 Å². The van der Waals surface area contributed by atoms with Crippen molar-refractivity contribution in [2.45, 2.75) is 33.1 Å². The largest absolute Gasteiger partial charge is 0.494 e. The summed E-state index contributed by atoms with van der Waals surface area (Å²) in [7, 11) is 0. The van der Waals surface area contributed by atoms with Gasteiger partial charge in [-0.15, -0.1) is 0 Å². The third-order valence-corrected chi connectivity index (χ3v) is 1.81. The predicted octanol–water partition coefficient (Wildman–Crippen LogP) is 2.36. The van der Waals surface area contributed by atoms with Crippen LogP contribution in [0.4, 0.5) is 0 Å². The van der Waals surface area contributed by atoms with Crippen LogP contribution in [0.1, 0.15) is 33.1 Å². The van der Waals surface area contributed by atoms with Gasteiger partial charge >= 0.3 is 0 Å². The first-order valence-corrected chi connectivity index (χ1v) is 6.29. The fraction of sp³-hybridized carbons (Fsp3) is 0.500. The van der Waals surface area contributed by atoms with E-state index in [2.05, 4.69) is 5.73 Å². The average Bonchev–Trinajstić information content (AvgIpc) is 2.43. The highest BCUT2D eigenvalue weighted by Gasteiger charge is 1.91. The number of unbranched alkanes of at least 4 members (excludes halogenated alkanes) is 2. The first-order chi connectivity index (χ1) is 8.85. The van der Waals surface area contributed by atoms with Gasteiger partial charge in [-0.05, 0) is 31.4 Å². The molecule has 104 valence electrons. The van der Waals surface area contributed by atoms with Crippen LogP contribution in [0.5, 0.6) is 5.75 Å². The molecule has 4 nitrogen and oxygen atoms in total. The van der Waals surface area contributed by atoms with Crippen molar-refractivity contribution in [2.75, 3.05) is 13.2 Å². The topological polar surface area (TPSA) is 72.6 Å². The Hall–Kier alpha value is -1.55. The lowest BCUT2D eigenvalue weighted by molar-refractivity contribution is -0.106. The van der Waals surface area contributed by atoms with Crippen LogP contribution in [0.3, 0.4) is 0 Å². The van der Waals surface area contributed by atoms with E-state index in [1.165, 1.54) is 0 Å². The molecule has 1 rings (SSSR count). The van der Waals surface area contributed by atoms with Crippen LogP contribution >= 0.6 is 0 Å². The quantitative estimate of drug-likeness (QED) is 0.605. The molecule has 3 N–H and O–H groups in total. The maximum atomic E-state index is 8.58. The molecule has 1 aromatic carbocycles. The van der Waals surface area contributed by atoms with E-state index in [0.717, 1.165) is 31.6 Å². The maximum absolute atomic E-state index is 8.58. The summed E-state index contributed by atoms with van der Waals surface area (Å²) in [6.45, 7) is 5.02. The zero-order valence-electron chi connectivity index (χ0n) is 11.3. The highest BCUT2D eigenvalue weighted by molar-refractivity contribution is 5.42. The van der Waals surface area contributed by atoms with E-state index < -0.39 is 0 Å². The van der Waals surface area contributed by atoms with Crippen LogP contribution in [0.25, 0.3) is 0 Å². The Bertz CT molecular complexity index is 252. The Labute approximate surface area is 110 Å².